The van der Waals surface area contributed by atoms with Crippen molar-refractivity contribution in [1.29, 1.82) is 0 Å². The van der Waals surface area contributed by atoms with E-state index in [0.717, 1.165) is 16.4 Å². The van der Waals surface area contributed by atoms with Gasteiger partial charge in [-0.05, 0) is 45.3 Å². The molecule has 0 spiro atoms. The lowest BCUT2D eigenvalue weighted by Crippen LogP contribution is -2.41. The Balaban J connectivity index is 2.00. The van der Waals surface area contributed by atoms with Crippen molar-refractivity contribution in [2.45, 2.75) is 38.9 Å². The molecule has 1 aliphatic heterocycles. The first-order valence-electron chi connectivity index (χ1n) is 6.74. The number of rotatable bonds is 1. The molecule has 20 heavy (non-hydrogen) atoms. The van der Waals surface area contributed by atoms with Crippen molar-refractivity contribution in [2.75, 3.05) is 0 Å². The van der Waals surface area contributed by atoms with Gasteiger partial charge < -0.3 is 14.4 Å². The zero-order valence-corrected chi connectivity index (χ0v) is 12.2. The third-order valence-corrected chi connectivity index (χ3v) is 4.23. The first-order valence-corrected chi connectivity index (χ1v) is 6.74. The molecule has 1 aliphatic rings. The number of benzene rings is 1. The van der Waals surface area contributed by atoms with E-state index in [0.29, 0.717) is 0 Å². The molecule has 4 nitrogen and oxygen atoms in total. The van der Waals surface area contributed by atoms with Crippen LogP contribution in [0, 0.1) is 0 Å². The molecule has 5 heteroatoms. The van der Waals surface area contributed by atoms with E-state index in [1.165, 1.54) is 0 Å². The van der Waals surface area contributed by atoms with Gasteiger partial charge in [-0.25, -0.2) is 4.98 Å². The Bertz CT molecular complexity index is 653. The molecule has 0 bridgehead atoms. The van der Waals surface area contributed by atoms with Crippen LogP contribution in [0.5, 0.6) is 5.88 Å². The van der Waals surface area contributed by atoms with Gasteiger partial charge in [0.2, 0.25) is 5.88 Å². The van der Waals surface area contributed by atoms with Crippen molar-refractivity contribution in [3.05, 3.63) is 30.3 Å². The van der Waals surface area contributed by atoms with Gasteiger partial charge in [0.15, 0.2) is 0 Å². The lowest BCUT2D eigenvalue weighted by molar-refractivity contribution is 0.00578. The normalized spacial score (nSPS) is 20.5. The van der Waals surface area contributed by atoms with Gasteiger partial charge in [-0.1, -0.05) is 12.1 Å². The molecule has 1 N–H and O–H groups in total. The second-order valence-corrected chi connectivity index (χ2v) is 6.21. The number of aromatic hydroxyl groups is 1. The summed E-state index contributed by atoms with van der Waals surface area (Å²) >= 11 is 0. The summed E-state index contributed by atoms with van der Waals surface area (Å²) in [5.74, 6) is 0.0172. The maximum atomic E-state index is 9.48. The average Bonchev–Trinajstić information content (AvgIpc) is 2.57. The summed E-state index contributed by atoms with van der Waals surface area (Å²) in [7, 11) is -0.409. The van der Waals surface area contributed by atoms with Gasteiger partial charge in [-0.2, -0.15) is 0 Å². The summed E-state index contributed by atoms with van der Waals surface area (Å²) in [5.41, 5.74) is 0.920. The van der Waals surface area contributed by atoms with Crippen LogP contribution in [0.1, 0.15) is 27.7 Å². The Morgan fingerprint density at radius 3 is 2.25 bits per heavy atom. The Hall–Kier alpha value is -1.59. The quantitative estimate of drug-likeness (QED) is 0.808. The third kappa shape index (κ3) is 2.07. The summed E-state index contributed by atoms with van der Waals surface area (Å²) in [5, 5.41) is 10.5. The lowest BCUT2D eigenvalue weighted by Gasteiger charge is -2.32. The fraction of sp³-hybridized carbons (Fsp3) is 0.400. The minimum absolute atomic E-state index is 0.0172. The second-order valence-electron chi connectivity index (χ2n) is 6.21. The fourth-order valence-corrected chi connectivity index (χ4v) is 2.25. The van der Waals surface area contributed by atoms with Crippen molar-refractivity contribution >= 4 is 23.5 Å². The summed E-state index contributed by atoms with van der Waals surface area (Å²) < 4.78 is 12.0. The SMILES string of the molecule is CC1(C)OB(c2ccc3ccc(O)nc3c2)OC1(C)C. The summed E-state index contributed by atoms with van der Waals surface area (Å²) in [6, 6.07) is 9.25. The highest BCUT2D eigenvalue weighted by atomic mass is 16.7. The minimum Gasteiger partial charge on any atom is -0.493 e. The van der Waals surface area contributed by atoms with Crippen molar-refractivity contribution in [3.8, 4) is 5.88 Å². The van der Waals surface area contributed by atoms with E-state index < -0.39 is 7.12 Å². The topological polar surface area (TPSA) is 51.6 Å². The zero-order valence-electron chi connectivity index (χ0n) is 12.2. The number of fused-ring (bicyclic) bond motifs is 1. The predicted molar refractivity (Wildman–Crippen MR) is 79.1 cm³/mol. The van der Waals surface area contributed by atoms with E-state index in [9.17, 15) is 5.11 Å². The highest BCUT2D eigenvalue weighted by molar-refractivity contribution is 6.62. The minimum atomic E-state index is -0.409. The average molecular weight is 271 g/mol. The van der Waals surface area contributed by atoms with Crippen LogP contribution in [-0.2, 0) is 9.31 Å². The standard InChI is InChI=1S/C15H18BNO3/c1-14(2)15(3,4)20-16(19-14)11-7-5-10-6-8-13(18)17-12(10)9-11/h5-9H,1-4H3,(H,17,18). The first kappa shape index (κ1) is 13.4. The third-order valence-electron chi connectivity index (χ3n) is 4.23. The fourth-order valence-electron chi connectivity index (χ4n) is 2.25. The number of pyridine rings is 1. The summed E-state index contributed by atoms with van der Waals surface area (Å²) in [6.07, 6.45) is 0. The number of aromatic nitrogens is 1. The molecule has 104 valence electrons. The molecule has 1 fully saturated rings. The number of hydrogen-bond acceptors (Lipinski definition) is 4. The van der Waals surface area contributed by atoms with Crippen LogP contribution in [-0.4, -0.2) is 28.4 Å². The lowest BCUT2D eigenvalue weighted by atomic mass is 9.79. The smallest absolute Gasteiger partial charge is 0.493 e. The van der Waals surface area contributed by atoms with Gasteiger partial charge in [-0.15, -0.1) is 0 Å². The monoisotopic (exact) mass is 271 g/mol. The number of nitrogens with zero attached hydrogens (tertiary/aromatic N) is 1. The highest BCUT2D eigenvalue weighted by Gasteiger charge is 2.51. The molecule has 0 radical (unpaired) electrons. The van der Waals surface area contributed by atoms with Gasteiger partial charge in [0.25, 0.3) is 0 Å². The molecule has 3 rings (SSSR count). The Kier molecular flexibility index (Phi) is 2.82. The van der Waals surface area contributed by atoms with Crippen molar-refractivity contribution in [2.24, 2.45) is 0 Å². The van der Waals surface area contributed by atoms with E-state index in [1.54, 1.807) is 6.07 Å². The molecule has 1 aromatic heterocycles. The molecule has 0 atom stereocenters. The Labute approximate surface area is 118 Å². The largest absolute Gasteiger partial charge is 0.494 e. The van der Waals surface area contributed by atoms with E-state index in [2.05, 4.69) is 4.98 Å². The first-order chi connectivity index (χ1) is 9.28. The van der Waals surface area contributed by atoms with E-state index in [4.69, 9.17) is 9.31 Å². The molecule has 2 heterocycles. The molecule has 0 aliphatic carbocycles. The molecule has 2 aromatic rings. The van der Waals surface area contributed by atoms with E-state index in [1.807, 2.05) is 52.0 Å². The molecule has 1 saturated heterocycles. The van der Waals surface area contributed by atoms with Gasteiger partial charge in [0.1, 0.15) is 0 Å². The zero-order chi connectivity index (χ0) is 14.5. The Morgan fingerprint density at radius 2 is 1.60 bits per heavy atom. The van der Waals surface area contributed by atoms with Crippen LogP contribution >= 0.6 is 0 Å². The van der Waals surface area contributed by atoms with Crippen molar-refractivity contribution in [1.82, 2.24) is 4.98 Å². The molecule has 0 saturated carbocycles. The van der Waals surface area contributed by atoms with Crippen LogP contribution in [0.4, 0.5) is 0 Å². The van der Waals surface area contributed by atoms with Gasteiger partial charge in [0.05, 0.1) is 16.7 Å². The molecule has 0 amide bonds. The van der Waals surface area contributed by atoms with E-state index in [-0.39, 0.29) is 17.1 Å². The van der Waals surface area contributed by atoms with Gasteiger partial charge in [0, 0.05) is 11.5 Å². The summed E-state index contributed by atoms with van der Waals surface area (Å²) in [4.78, 5) is 4.12. The van der Waals surface area contributed by atoms with Crippen LogP contribution in [0.3, 0.4) is 0 Å². The highest BCUT2D eigenvalue weighted by Crippen LogP contribution is 2.36. The molecule has 0 unspecified atom stereocenters. The van der Waals surface area contributed by atoms with E-state index >= 15 is 0 Å². The molecular formula is C15H18BNO3. The number of hydrogen-bond donors (Lipinski definition) is 1. The van der Waals surface area contributed by atoms with Crippen LogP contribution in [0.15, 0.2) is 30.3 Å². The maximum Gasteiger partial charge on any atom is 0.494 e. The van der Waals surface area contributed by atoms with Crippen molar-refractivity contribution in [3.63, 3.8) is 0 Å². The Morgan fingerprint density at radius 1 is 1.00 bits per heavy atom. The maximum absolute atomic E-state index is 9.48. The van der Waals surface area contributed by atoms with Crippen molar-refractivity contribution < 1.29 is 14.4 Å². The van der Waals surface area contributed by atoms with Crippen LogP contribution < -0.4 is 5.46 Å². The second kappa shape index (κ2) is 4.20. The van der Waals surface area contributed by atoms with Crippen LogP contribution in [0.2, 0.25) is 0 Å². The molecule has 1 aromatic carbocycles. The van der Waals surface area contributed by atoms with Crippen LogP contribution in [0.25, 0.3) is 10.9 Å². The molecular weight excluding hydrogens is 253 g/mol. The summed E-state index contributed by atoms with van der Waals surface area (Å²) in [6.45, 7) is 8.10. The van der Waals surface area contributed by atoms with Gasteiger partial charge in [-0.3, -0.25) is 0 Å². The van der Waals surface area contributed by atoms with Gasteiger partial charge >= 0.3 is 7.12 Å². The predicted octanol–water partition coefficient (Wildman–Crippen LogP) is 2.24.